The molecule has 0 bridgehead atoms. The average molecular weight is 342 g/mol. The number of amides is 2. The van der Waals surface area contributed by atoms with Crippen molar-refractivity contribution in [1.29, 1.82) is 0 Å². The van der Waals surface area contributed by atoms with E-state index in [1.165, 1.54) is 0 Å². The van der Waals surface area contributed by atoms with Gasteiger partial charge in [0.2, 0.25) is 5.91 Å². The lowest BCUT2D eigenvalue weighted by molar-refractivity contribution is -0.160. The molecule has 2 amide bonds. The third kappa shape index (κ3) is 3.56. The largest absolute Gasteiger partial charge is 0.356 e. The standard InChI is InChI=1S/C18H22N4O3/c1-4-22-10-9-14(20-22)19-18(24)17-16(21(3)15(23)11-25-17)13-7-5-12(2)6-8-13/h5-10,16-17H,4,11H2,1-3H3,(H,19,20,24)/t16-,17-/m0/s1. The lowest BCUT2D eigenvalue weighted by Crippen LogP contribution is -2.51. The number of nitrogens with zero attached hydrogens (tertiary/aromatic N) is 3. The molecule has 0 aliphatic carbocycles. The summed E-state index contributed by atoms with van der Waals surface area (Å²) in [6.45, 7) is 4.57. The normalized spacial score (nSPS) is 20.6. The quantitative estimate of drug-likeness (QED) is 0.918. The molecule has 132 valence electrons. The smallest absolute Gasteiger partial charge is 0.257 e. The van der Waals surface area contributed by atoms with Gasteiger partial charge >= 0.3 is 0 Å². The molecule has 25 heavy (non-hydrogen) atoms. The van der Waals surface area contributed by atoms with Crippen LogP contribution in [0, 0.1) is 6.92 Å². The van der Waals surface area contributed by atoms with Gasteiger partial charge < -0.3 is 15.0 Å². The van der Waals surface area contributed by atoms with Crippen molar-refractivity contribution >= 4 is 17.6 Å². The SMILES string of the molecule is CCn1ccc(NC(=O)[C@H]2OCC(=O)N(C)[C@H]2c2ccc(C)cc2)n1. The molecule has 1 fully saturated rings. The number of hydrogen-bond acceptors (Lipinski definition) is 4. The molecule has 1 aromatic carbocycles. The van der Waals surface area contributed by atoms with Crippen molar-refractivity contribution < 1.29 is 14.3 Å². The van der Waals surface area contributed by atoms with Gasteiger partial charge in [0.25, 0.3) is 5.91 Å². The van der Waals surface area contributed by atoms with Crippen molar-refractivity contribution in [2.75, 3.05) is 19.0 Å². The maximum Gasteiger partial charge on any atom is 0.257 e. The van der Waals surface area contributed by atoms with E-state index in [1.54, 1.807) is 28.9 Å². The molecule has 1 N–H and O–H groups in total. The first-order valence-corrected chi connectivity index (χ1v) is 8.27. The predicted octanol–water partition coefficient (Wildman–Crippen LogP) is 1.75. The summed E-state index contributed by atoms with van der Waals surface area (Å²) < 4.78 is 7.31. The Labute approximate surface area is 146 Å². The van der Waals surface area contributed by atoms with Crippen molar-refractivity contribution in [2.24, 2.45) is 0 Å². The number of hydrogen-bond donors (Lipinski definition) is 1. The summed E-state index contributed by atoms with van der Waals surface area (Å²) in [6.07, 6.45) is 1.00. The number of rotatable bonds is 4. The van der Waals surface area contributed by atoms with Crippen LogP contribution in [0.1, 0.15) is 24.1 Å². The number of benzene rings is 1. The van der Waals surface area contributed by atoms with Gasteiger partial charge in [0.05, 0.1) is 6.04 Å². The number of anilines is 1. The third-order valence-corrected chi connectivity index (χ3v) is 4.38. The van der Waals surface area contributed by atoms with Gasteiger partial charge in [-0.2, -0.15) is 5.10 Å². The Bertz CT molecular complexity index is 769. The van der Waals surface area contributed by atoms with Gasteiger partial charge in [-0.3, -0.25) is 14.3 Å². The molecule has 0 spiro atoms. The van der Waals surface area contributed by atoms with E-state index in [0.29, 0.717) is 5.82 Å². The molecule has 0 unspecified atom stereocenters. The third-order valence-electron chi connectivity index (χ3n) is 4.38. The molecule has 0 saturated carbocycles. The van der Waals surface area contributed by atoms with Crippen molar-refractivity contribution in [1.82, 2.24) is 14.7 Å². The molecular formula is C18H22N4O3. The molecule has 2 aromatic rings. The van der Waals surface area contributed by atoms with Crippen LogP contribution in [0.5, 0.6) is 0 Å². The van der Waals surface area contributed by atoms with Crippen molar-refractivity contribution in [3.8, 4) is 0 Å². The van der Waals surface area contributed by atoms with Crippen LogP contribution in [0.2, 0.25) is 0 Å². The lowest BCUT2D eigenvalue weighted by Gasteiger charge is -2.38. The van der Waals surface area contributed by atoms with Crippen LogP contribution in [0.3, 0.4) is 0 Å². The van der Waals surface area contributed by atoms with E-state index in [4.69, 9.17) is 4.74 Å². The van der Waals surface area contributed by atoms with Crippen LogP contribution in [0.4, 0.5) is 5.82 Å². The van der Waals surface area contributed by atoms with Crippen LogP contribution in [-0.2, 0) is 20.9 Å². The second-order valence-corrected chi connectivity index (χ2v) is 6.14. The highest BCUT2D eigenvalue weighted by atomic mass is 16.5. The van der Waals surface area contributed by atoms with E-state index < -0.39 is 12.1 Å². The number of likely N-dealkylation sites (N-methyl/N-ethyl adjacent to an activating group) is 1. The summed E-state index contributed by atoms with van der Waals surface area (Å²) in [5.74, 6) is 0.00817. The van der Waals surface area contributed by atoms with Gasteiger partial charge in [0.1, 0.15) is 6.61 Å². The average Bonchev–Trinajstić information content (AvgIpc) is 3.05. The minimum atomic E-state index is -0.794. The molecule has 0 radical (unpaired) electrons. The molecule has 1 aliphatic heterocycles. The van der Waals surface area contributed by atoms with Gasteiger partial charge in [-0.15, -0.1) is 0 Å². The Balaban J connectivity index is 1.84. The van der Waals surface area contributed by atoms with Crippen molar-refractivity contribution in [2.45, 2.75) is 32.5 Å². The first kappa shape index (κ1) is 17.2. The summed E-state index contributed by atoms with van der Waals surface area (Å²) in [5.41, 5.74) is 1.97. The van der Waals surface area contributed by atoms with E-state index >= 15 is 0 Å². The highest BCUT2D eigenvalue weighted by Gasteiger charge is 2.40. The van der Waals surface area contributed by atoms with Crippen LogP contribution < -0.4 is 5.32 Å². The number of nitrogens with one attached hydrogen (secondary N) is 1. The van der Waals surface area contributed by atoms with E-state index in [-0.39, 0.29) is 18.4 Å². The molecule has 1 saturated heterocycles. The predicted molar refractivity (Wildman–Crippen MR) is 93.0 cm³/mol. The highest BCUT2D eigenvalue weighted by Crippen LogP contribution is 2.30. The van der Waals surface area contributed by atoms with Gasteiger partial charge in [-0.05, 0) is 19.4 Å². The summed E-state index contributed by atoms with van der Waals surface area (Å²) in [4.78, 5) is 26.4. The summed E-state index contributed by atoms with van der Waals surface area (Å²) in [6, 6.07) is 9.02. The second kappa shape index (κ2) is 7.06. The fraction of sp³-hybridized carbons (Fsp3) is 0.389. The zero-order chi connectivity index (χ0) is 18.0. The lowest BCUT2D eigenvalue weighted by atomic mass is 9.97. The minimum absolute atomic E-state index is 0.111. The molecule has 1 aliphatic rings. The fourth-order valence-corrected chi connectivity index (χ4v) is 2.90. The summed E-state index contributed by atoms with van der Waals surface area (Å²) in [7, 11) is 1.70. The topological polar surface area (TPSA) is 76.5 Å². The summed E-state index contributed by atoms with van der Waals surface area (Å²) >= 11 is 0. The molecule has 3 rings (SSSR count). The van der Waals surface area contributed by atoms with Crippen LogP contribution in [0.25, 0.3) is 0 Å². The van der Waals surface area contributed by atoms with Gasteiger partial charge in [-0.25, -0.2) is 0 Å². The maximum atomic E-state index is 12.7. The summed E-state index contributed by atoms with van der Waals surface area (Å²) in [5, 5.41) is 7.03. The Hall–Kier alpha value is -2.67. The highest BCUT2D eigenvalue weighted by molar-refractivity contribution is 5.95. The number of carbonyl (C=O) groups is 2. The van der Waals surface area contributed by atoms with Gasteiger partial charge in [-0.1, -0.05) is 29.8 Å². The minimum Gasteiger partial charge on any atom is -0.356 e. The Morgan fingerprint density at radius 1 is 1.32 bits per heavy atom. The maximum absolute atomic E-state index is 12.7. The van der Waals surface area contributed by atoms with E-state index in [2.05, 4.69) is 10.4 Å². The Morgan fingerprint density at radius 3 is 2.68 bits per heavy atom. The monoisotopic (exact) mass is 342 g/mol. The zero-order valence-electron chi connectivity index (χ0n) is 14.6. The molecule has 2 heterocycles. The molecule has 2 atom stereocenters. The number of aryl methyl sites for hydroxylation is 2. The molecule has 7 heteroatoms. The Morgan fingerprint density at radius 2 is 2.04 bits per heavy atom. The second-order valence-electron chi connectivity index (χ2n) is 6.14. The van der Waals surface area contributed by atoms with Crippen molar-refractivity contribution in [3.63, 3.8) is 0 Å². The first-order chi connectivity index (χ1) is 12.0. The van der Waals surface area contributed by atoms with Gasteiger partial charge in [0.15, 0.2) is 11.9 Å². The Kier molecular flexibility index (Phi) is 4.85. The first-order valence-electron chi connectivity index (χ1n) is 8.27. The van der Waals surface area contributed by atoms with Crippen LogP contribution >= 0.6 is 0 Å². The number of morpholine rings is 1. The van der Waals surface area contributed by atoms with Crippen molar-refractivity contribution in [3.05, 3.63) is 47.7 Å². The van der Waals surface area contributed by atoms with Crippen LogP contribution in [0.15, 0.2) is 36.5 Å². The zero-order valence-corrected chi connectivity index (χ0v) is 14.6. The number of aromatic nitrogens is 2. The fourth-order valence-electron chi connectivity index (χ4n) is 2.90. The molecule has 7 nitrogen and oxygen atoms in total. The molecular weight excluding hydrogens is 320 g/mol. The number of carbonyl (C=O) groups excluding carboxylic acids is 2. The van der Waals surface area contributed by atoms with E-state index in [1.807, 2.05) is 38.1 Å². The van der Waals surface area contributed by atoms with Crippen LogP contribution in [-0.4, -0.2) is 46.3 Å². The molecule has 1 aromatic heterocycles. The van der Waals surface area contributed by atoms with Gasteiger partial charge in [0, 0.05) is 25.9 Å². The number of ether oxygens (including phenoxy) is 1. The van der Waals surface area contributed by atoms with E-state index in [9.17, 15) is 9.59 Å². The van der Waals surface area contributed by atoms with E-state index in [0.717, 1.165) is 17.7 Å².